The molecule has 3 aromatic rings. The van der Waals surface area contributed by atoms with Crippen LogP contribution in [0.1, 0.15) is 0 Å². The fourth-order valence-electron chi connectivity index (χ4n) is 2.60. The Hall–Kier alpha value is 0.850. The maximum atomic E-state index is 6.55. The highest BCUT2D eigenvalue weighted by Gasteiger charge is 2.27. The minimum atomic E-state index is 0.0281. The van der Waals surface area contributed by atoms with Gasteiger partial charge in [0, 0.05) is 22.3 Å². The van der Waals surface area contributed by atoms with E-state index in [0.29, 0.717) is 5.56 Å². The second kappa shape index (κ2) is 9.38. The first kappa shape index (κ1) is 24.5. The van der Waals surface area contributed by atoms with Crippen LogP contribution >= 0.6 is 128 Å². The first-order valence-electron chi connectivity index (χ1n) is 7.31. The van der Waals surface area contributed by atoms with E-state index in [0.717, 1.165) is 0 Å². The fraction of sp³-hybridized carbons (Fsp3) is 0. The van der Waals surface area contributed by atoms with E-state index < -0.39 is 0 Å². The van der Waals surface area contributed by atoms with Crippen LogP contribution in [0, 0.1) is 0 Å². The highest BCUT2D eigenvalue weighted by atomic mass is 35.5. The lowest BCUT2D eigenvalue weighted by atomic mass is 9.99. The van der Waals surface area contributed by atoms with Crippen LogP contribution in [-0.2, 0) is 0 Å². The van der Waals surface area contributed by atoms with Gasteiger partial charge in [0.1, 0.15) is 0 Å². The minimum absolute atomic E-state index is 0.0281. The largest absolute Gasteiger partial charge is 0.0836 e. The van der Waals surface area contributed by atoms with Crippen molar-refractivity contribution in [3.63, 3.8) is 0 Å². The second-order valence-corrected chi connectivity index (χ2v) is 9.90. The molecular weight excluding hydrogens is 606 g/mol. The number of benzene rings is 3. The zero-order chi connectivity index (χ0) is 21.8. The third-order valence-corrected chi connectivity index (χ3v) is 8.21. The van der Waals surface area contributed by atoms with Crippen molar-refractivity contribution >= 4 is 128 Å². The normalized spacial score (nSPS) is 11.3. The van der Waals surface area contributed by atoms with Crippen LogP contribution in [0.5, 0.6) is 0 Å². The summed E-state index contributed by atoms with van der Waals surface area (Å²) in [6.45, 7) is 0. The van der Waals surface area contributed by atoms with Gasteiger partial charge >= 0.3 is 0 Å². The first-order chi connectivity index (χ1) is 13.5. The Morgan fingerprint density at radius 3 is 1.28 bits per heavy atom. The molecule has 3 aromatic carbocycles. The van der Waals surface area contributed by atoms with Crippen molar-refractivity contribution < 1.29 is 0 Å². The Kier molecular flexibility index (Phi) is 7.92. The van der Waals surface area contributed by atoms with Gasteiger partial charge in [-0.05, 0) is 18.2 Å². The fourth-order valence-corrected chi connectivity index (χ4v) is 5.59. The van der Waals surface area contributed by atoms with Crippen molar-refractivity contribution in [1.29, 1.82) is 0 Å². The average molecular weight is 609 g/mol. The quantitative estimate of drug-likeness (QED) is 0.200. The van der Waals surface area contributed by atoms with Gasteiger partial charge in [0.15, 0.2) is 0 Å². The lowest BCUT2D eigenvalue weighted by molar-refractivity contribution is 1.58. The topological polar surface area (TPSA) is 0 Å². The van der Waals surface area contributed by atoms with Gasteiger partial charge < -0.3 is 0 Å². The monoisotopic (exact) mass is 604 g/mol. The smallest absolute Gasteiger partial charge is 0.0785 e. The van der Waals surface area contributed by atoms with E-state index in [2.05, 4.69) is 0 Å². The Bertz CT molecular complexity index is 1140. The highest BCUT2D eigenvalue weighted by molar-refractivity contribution is 6.56. The van der Waals surface area contributed by atoms with Gasteiger partial charge in [0.05, 0.1) is 55.2 Å². The lowest BCUT2D eigenvalue weighted by Gasteiger charge is -2.19. The predicted molar refractivity (Wildman–Crippen MR) is 132 cm³/mol. The molecule has 0 fully saturated rings. The molecule has 11 heteroatoms. The molecule has 3 rings (SSSR count). The van der Waals surface area contributed by atoms with Gasteiger partial charge in [-0.1, -0.05) is 128 Å². The molecular formula is C18H3Cl11. The molecule has 29 heavy (non-hydrogen) atoms. The van der Waals surface area contributed by atoms with E-state index >= 15 is 0 Å². The number of hydrogen-bond donors (Lipinski definition) is 0. The molecule has 0 atom stereocenters. The summed E-state index contributed by atoms with van der Waals surface area (Å²) in [6.07, 6.45) is 0. The zero-order valence-electron chi connectivity index (χ0n) is 13.4. The van der Waals surface area contributed by atoms with Crippen LogP contribution in [0.3, 0.4) is 0 Å². The van der Waals surface area contributed by atoms with Crippen molar-refractivity contribution in [2.24, 2.45) is 0 Å². The molecule has 0 radical (unpaired) electrons. The standard InChI is InChI=1S/C18H3Cl11/c19-5-2-7(21)6(20)1-4(5)10-14(25)17(28)12(18(29)15(10)26)11-8(22)3-9(23)13(24)16(11)27/h1-3H. The van der Waals surface area contributed by atoms with E-state index in [1.807, 2.05) is 0 Å². The van der Waals surface area contributed by atoms with E-state index in [-0.39, 0.29) is 71.9 Å². The van der Waals surface area contributed by atoms with Crippen LogP contribution in [0.25, 0.3) is 22.3 Å². The Labute approximate surface area is 221 Å². The summed E-state index contributed by atoms with van der Waals surface area (Å²) in [7, 11) is 0. The summed E-state index contributed by atoms with van der Waals surface area (Å²) in [5.74, 6) is 0. The third-order valence-electron chi connectivity index (χ3n) is 3.91. The molecule has 0 unspecified atom stereocenters. The number of halogens is 11. The molecule has 0 aliphatic carbocycles. The molecule has 0 aromatic heterocycles. The second-order valence-electron chi connectivity index (χ2n) is 5.60. The molecule has 0 bridgehead atoms. The maximum absolute atomic E-state index is 6.55. The Morgan fingerprint density at radius 1 is 0.310 bits per heavy atom. The summed E-state index contributed by atoms with van der Waals surface area (Å²) >= 11 is 69.4. The van der Waals surface area contributed by atoms with E-state index in [4.69, 9.17) is 128 Å². The molecule has 0 saturated carbocycles. The van der Waals surface area contributed by atoms with Gasteiger partial charge in [0.2, 0.25) is 0 Å². The minimum Gasteiger partial charge on any atom is -0.0836 e. The molecule has 0 heterocycles. The van der Waals surface area contributed by atoms with Gasteiger partial charge in [-0.3, -0.25) is 0 Å². The summed E-state index contributed by atoms with van der Waals surface area (Å²) in [5.41, 5.74) is 1.07. The molecule has 0 nitrogen and oxygen atoms in total. The SMILES string of the molecule is Clc1cc(Cl)c(-c2c(Cl)c(Cl)c(-c3c(Cl)cc(Cl)c(Cl)c3Cl)c(Cl)c2Cl)cc1Cl. The lowest BCUT2D eigenvalue weighted by Crippen LogP contribution is -1.93. The third kappa shape index (κ3) is 4.39. The predicted octanol–water partition coefficient (Wildman–Crippen LogP) is 12.2. The summed E-state index contributed by atoms with van der Waals surface area (Å²) < 4.78 is 0. The van der Waals surface area contributed by atoms with Crippen molar-refractivity contribution in [1.82, 2.24) is 0 Å². The van der Waals surface area contributed by atoms with E-state index in [9.17, 15) is 0 Å². The van der Waals surface area contributed by atoms with Crippen molar-refractivity contribution in [3.05, 3.63) is 73.4 Å². The molecule has 152 valence electrons. The van der Waals surface area contributed by atoms with Crippen LogP contribution in [0.2, 0.25) is 55.2 Å². The van der Waals surface area contributed by atoms with E-state index in [1.54, 1.807) is 0 Å². The molecule has 0 aliphatic rings. The van der Waals surface area contributed by atoms with Crippen molar-refractivity contribution in [2.45, 2.75) is 0 Å². The summed E-state index contributed by atoms with van der Waals surface area (Å²) in [5, 5.41) is 1.33. The van der Waals surface area contributed by atoms with Gasteiger partial charge in [-0.25, -0.2) is 0 Å². The highest BCUT2D eigenvalue weighted by Crippen LogP contribution is 2.55. The van der Waals surface area contributed by atoms with Gasteiger partial charge in [-0.15, -0.1) is 0 Å². The van der Waals surface area contributed by atoms with Crippen LogP contribution in [0.15, 0.2) is 18.2 Å². The molecule has 0 amide bonds. The van der Waals surface area contributed by atoms with Gasteiger partial charge in [-0.2, -0.15) is 0 Å². The number of rotatable bonds is 2. The summed E-state index contributed by atoms with van der Waals surface area (Å²) in [6, 6.07) is 4.37. The molecule has 0 spiro atoms. The first-order valence-corrected chi connectivity index (χ1v) is 11.5. The van der Waals surface area contributed by atoms with Crippen LogP contribution in [-0.4, -0.2) is 0 Å². The molecule has 0 saturated heterocycles. The maximum Gasteiger partial charge on any atom is 0.0785 e. The average Bonchev–Trinajstić information content (AvgIpc) is 2.65. The van der Waals surface area contributed by atoms with Gasteiger partial charge in [0.25, 0.3) is 0 Å². The van der Waals surface area contributed by atoms with Crippen molar-refractivity contribution in [3.8, 4) is 22.3 Å². The van der Waals surface area contributed by atoms with Crippen LogP contribution in [0.4, 0.5) is 0 Å². The van der Waals surface area contributed by atoms with Crippen molar-refractivity contribution in [2.75, 3.05) is 0 Å². The molecule has 0 N–H and O–H groups in total. The zero-order valence-corrected chi connectivity index (χ0v) is 21.7. The Balaban J connectivity index is 2.41. The van der Waals surface area contributed by atoms with Crippen LogP contribution < -0.4 is 0 Å². The molecule has 0 aliphatic heterocycles. The van der Waals surface area contributed by atoms with E-state index in [1.165, 1.54) is 18.2 Å². The Morgan fingerprint density at radius 2 is 0.724 bits per heavy atom. The number of hydrogen-bond acceptors (Lipinski definition) is 0. The summed E-state index contributed by atoms with van der Waals surface area (Å²) in [4.78, 5) is 0.